The molecule has 0 amide bonds. The predicted molar refractivity (Wildman–Crippen MR) is 167 cm³/mol. The fourth-order valence-corrected chi connectivity index (χ4v) is 3.87. The van der Waals surface area contributed by atoms with E-state index in [9.17, 15) is 9.59 Å². The van der Waals surface area contributed by atoms with Crippen molar-refractivity contribution in [2.75, 3.05) is 0 Å². The summed E-state index contributed by atoms with van der Waals surface area (Å²) < 4.78 is 5.78. The molecule has 0 aliphatic carbocycles. The summed E-state index contributed by atoms with van der Waals surface area (Å²) in [5.74, 6) is -0.863. The van der Waals surface area contributed by atoms with Crippen molar-refractivity contribution in [3.63, 3.8) is 0 Å². The van der Waals surface area contributed by atoms with Crippen molar-refractivity contribution < 1.29 is 19.4 Å². The molecule has 0 fully saturated rings. The molecule has 0 aromatic rings. The Kier molecular flexibility index (Phi) is 27.9. The van der Waals surface area contributed by atoms with Crippen LogP contribution in [-0.4, -0.2) is 23.1 Å². The molecule has 0 radical (unpaired) electrons. The third kappa shape index (κ3) is 29.8. The summed E-state index contributed by atoms with van der Waals surface area (Å²) in [5.41, 5.74) is 0. The molecule has 0 spiro atoms. The first-order valence-corrected chi connectivity index (χ1v) is 15.4. The Hall–Kier alpha value is -2.62. The van der Waals surface area contributed by atoms with Crippen molar-refractivity contribution in [1.29, 1.82) is 0 Å². The van der Waals surface area contributed by atoms with Gasteiger partial charge in [0.15, 0.2) is 0 Å². The first-order valence-electron chi connectivity index (χ1n) is 15.4. The van der Waals surface area contributed by atoms with Crippen LogP contribution in [0.1, 0.15) is 129 Å². The zero-order valence-electron chi connectivity index (χ0n) is 24.9. The molecule has 4 nitrogen and oxygen atoms in total. The maximum Gasteiger partial charge on any atom is 0.306 e. The van der Waals surface area contributed by atoms with E-state index in [1.807, 2.05) is 6.08 Å². The van der Waals surface area contributed by atoms with E-state index in [4.69, 9.17) is 9.84 Å². The number of unbranched alkanes of at least 4 members (excludes halogenated alkanes) is 7. The fraction of sp³-hybridized carbons (Fsp3) is 0.600. The predicted octanol–water partition coefficient (Wildman–Crippen LogP) is 10.4. The average Bonchev–Trinajstić information content (AvgIpc) is 2.91. The van der Waals surface area contributed by atoms with E-state index in [1.54, 1.807) is 0 Å². The Balaban J connectivity index is 4.20. The van der Waals surface area contributed by atoms with Crippen molar-refractivity contribution in [3.8, 4) is 0 Å². The highest BCUT2D eigenvalue weighted by Gasteiger charge is 2.11. The second-order valence-corrected chi connectivity index (χ2v) is 9.90. The topological polar surface area (TPSA) is 63.6 Å². The maximum absolute atomic E-state index is 12.4. The molecule has 4 heteroatoms. The quantitative estimate of drug-likeness (QED) is 0.0673. The third-order valence-electron chi connectivity index (χ3n) is 6.15. The number of carbonyl (C=O) groups is 2. The number of carboxylic acid groups (broad SMARTS) is 1. The van der Waals surface area contributed by atoms with E-state index in [2.05, 4.69) is 80.7 Å². The second kappa shape index (κ2) is 29.9. The van der Waals surface area contributed by atoms with Gasteiger partial charge in [-0.15, -0.1) is 0 Å². The van der Waals surface area contributed by atoms with Crippen LogP contribution in [0.4, 0.5) is 0 Å². The lowest BCUT2D eigenvalue weighted by Gasteiger charge is -2.14. The summed E-state index contributed by atoms with van der Waals surface area (Å²) in [7, 11) is 0. The molecule has 0 aliphatic rings. The monoisotopic (exact) mass is 540 g/mol. The third-order valence-corrected chi connectivity index (χ3v) is 6.15. The molecule has 220 valence electrons. The Morgan fingerprint density at radius 1 is 0.615 bits per heavy atom. The number of hydrogen-bond acceptors (Lipinski definition) is 3. The zero-order chi connectivity index (χ0) is 28.7. The van der Waals surface area contributed by atoms with Gasteiger partial charge in [0.1, 0.15) is 6.10 Å². The second-order valence-electron chi connectivity index (χ2n) is 9.90. The molecule has 0 saturated heterocycles. The molecule has 0 aliphatic heterocycles. The number of ether oxygens (including phenoxy) is 1. The minimum Gasteiger partial charge on any atom is -0.481 e. The van der Waals surface area contributed by atoms with Gasteiger partial charge in [-0.2, -0.15) is 0 Å². The number of carbonyl (C=O) groups excluding carboxylic acids is 1. The summed E-state index contributed by atoms with van der Waals surface area (Å²) in [6.07, 6.45) is 42.0. The summed E-state index contributed by atoms with van der Waals surface area (Å²) in [4.78, 5) is 23.1. The molecule has 1 N–H and O–H groups in total. The van der Waals surface area contributed by atoms with Crippen LogP contribution in [0.15, 0.2) is 72.9 Å². The van der Waals surface area contributed by atoms with Crippen LogP contribution in [-0.2, 0) is 14.3 Å². The van der Waals surface area contributed by atoms with Gasteiger partial charge in [0, 0.05) is 12.8 Å². The summed E-state index contributed by atoms with van der Waals surface area (Å²) in [6, 6.07) is 0. The van der Waals surface area contributed by atoms with Gasteiger partial charge in [0.05, 0.1) is 0 Å². The minimum atomic E-state index is -0.737. The van der Waals surface area contributed by atoms with Crippen LogP contribution >= 0.6 is 0 Å². The fourth-order valence-electron chi connectivity index (χ4n) is 3.87. The lowest BCUT2D eigenvalue weighted by Crippen LogP contribution is -2.16. The van der Waals surface area contributed by atoms with Crippen molar-refractivity contribution in [3.05, 3.63) is 72.9 Å². The Bertz CT molecular complexity index is 755. The standard InChI is InChI=1S/C35H56O4/c1-3-5-7-9-11-12-13-14-15-16-17-18-20-22-28-32-35(38)39-33(29-25-21-19-10-8-6-4-2)30-26-23-24-27-31-34(36)37/h5,7,10-12,14-15,17-19,25,29,33H,3-4,6,8-9,13,16,20-24,26-28,30-32H2,1-2H3,(H,36,37)/b7-5-,12-11-,15-14-,18-17-,19-10-,29-25-. The van der Waals surface area contributed by atoms with E-state index in [0.29, 0.717) is 12.8 Å². The molecule has 0 aromatic carbocycles. The van der Waals surface area contributed by atoms with Crippen molar-refractivity contribution >= 4 is 11.9 Å². The van der Waals surface area contributed by atoms with E-state index >= 15 is 0 Å². The molecule has 0 heterocycles. The van der Waals surface area contributed by atoms with Gasteiger partial charge in [-0.1, -0.05) is 106 Å². The number of hydrogen-bond donors (Lipinski definition) is 1. The summed E-state index contributed by atoms with van der Waals surface area (Å²) >= 11 is 0. The largest absolute Gasteiger partial charge is 0.481 e. The molecule has 1 atom stereocenters. The van der Waals surface area contributed by atoms with Gasteiger partial charge in [-0.3, -0.25) is 9.59 Å². The van der Waals surface area contributed by atoms with Gasteiger partial charge in [-0.05, 0) is 83.1 Å². The highest BCUT2D eigenvalue weighted by molar-refractivity contribution is 5.69. The van der Waals surface area contributed by atoms with E-state index in [-0.39, 0.29) is 18.5 Å². The van der Waals surface area contributed by atoms with E-state index in [1.165, 1.54) is 12.8 Å². The number of allylic oxidation sites excluding steroid dienone is 11. The van der Waals surface area contributed by atoms with Gasteiger partial charge in [0.25, 0.3) is 0 Å². The van der Waals surface area contributed by atoms with Crippen LogP contribution in [0.5, 0.6) is 0 Å². The summed E-state index contributed by atoms with van der Waals surface area (Å²) in [6.45, 7) is 4.34. The lowest BCUT2D eigenvalue weighted by molar-refractivity contribution is -0.147. The summed E-state index contributed by atoms with van der Waals surface area (Å²) in [5, 5.41) is 8.77. The molecular weight excluding hydrogens is 484 g/mol. The Morgan fingerprint density at radius 2 is 1.15 bits per heavy atom. The van der Waals surface area contributed by atoms with Crippen LogP contribution in [0, 0.1) is 0 Å². The Labute approximate surface area is 239 Å². The van der Waals surface area contributed by atoms with Crippen LogP contribution in [0.3, 0.4) is 0 Å². The van der Waals surface area contributed by atoms with Gasteiger partial charge in [0.2, 0.25) is 0 Å². The highest BCUT2D eigenvalue weighted by atomic mass is 16.5. The molecule has 0 saturated carbocycles. The number of esters is 1. The number of aliphatic carboxylic acids is 1. The number of carboxylic acids is 1. The zero-order valence-corrected chi connectivity index (χ0v) is 24.9. The van der Waals surface area contributed by atoms with Gasteiger partial charge >= 0.3 is 11.9 Å². The van der Waals surface area contributed by atoms with E-state index in [0.717, 1.165) is 83.5 Å². The van der Waals surface area contributed by atoms with Crippen LogP contribution in [0.25, 0.3) is 0 Å². The Morgan fingerprint density at radius 3 is 1.77 bits per heavy atom. The van der Waals surface area contributed by atoms with Crippen LogP contribution in [0.2, 0.25) is 0 Å². The van der Waals surface area contributed by atoms with Crippen molar-refractivity contribution in [2.45, 2.75) is 136 Å². The first kappa shape index (κ1) is 36.4. The molecule has 1 unspecified atom stereocenters. The normalized spacial score (nSPS) is 13.3. The van der Waals surface area contributed by atoms with Crippen molar-refractivity contribution in [2.24, 2.45) is 0 Å². The first-order chi connectivity index (χ1) is 19.1. The number of rotatable bonds is 26. The SMILES string of the molecule is CC/C=C\C/C=C\C/C=C\C/C=C\CCCCC(=O)OC(/C=C\C/C=C\CCCC)CCCCCCC(=O)O. The van der Waals surface area contributed by atoms with E-state index < -0.39 is 5.97 Å². The molecule has 39 heavy (non-hydrogen) atoms. The smallest absolute Gasteiger partial charge is 0.306 e. The molecule has 0 rings (SSSR count). The van der Waals surface area contributed by atoms with Crippen molar-refractivity contribution in [1.82, 2.24) is 0 Å². The molecule has 0 bridgehead atoms. The molecular formula is C35H56O4. The lowest BCUT2D eigenvalue weighted by atomic mass is 10.1. The maximum atomic E-state index is 12.4. The highest BCUT2D eigenvalue weighted by Crippen LogP contribution is 2.13. The minimum absolute atomic E-state index is 0.126. The average molecular weight is 541 g/mol. The molecule has 0 aromatic heterocycles. The van der Waals surface area contributed by atoms with Gasteiger partial charge in [-0.25, -0.2) is 0 Å². The van der Waals surface area contributed by atoms with Gasteiger partial charge < -0.3 is 9.84 Å². The van der Waals surface area contributed by atoms with Crippen LogP contribution < -0.4 is 0 Å².